The summed E-state index contributed by atoms with van der Waals surface area (Å²) < 4.78 is 10.1. The van der Waals surface area contributed by atoms with Crippen LogP contribution in [0.5, 0.6) is 5.75 Å². The molecule has 3 heteroatoms. The Labute approximate surface area is 94.7 Å². The molecule has 84 valence electrons. The highest BCUT2D eigenvalue weighted by Gasteiger charge is 2.45. The van der Waals surface area contributed by atoms with Crippen LogP contribution in [0.1, 0.15) is 12.5 Å². The minimum atomic E-state index is -0.566. The third-order valence-corrected chi connectivity index (χ3v) is 2.64. The molecule has 1 aromatic rings. The van der Waals surface area contributed by atoms with Crippen molar-refractivity contribution in [1.82, 2.24) is 0 Å². The third kappa shape index (κ3) is 2.31. The quantitative estimate of drug-likeness (QED) is 0.573. The van der Waals surface area contributed by atoms with Gasteiger partial charge in [-0.25, -0.2) is 0 Å². The standard InChI is InChI=1S/C13H14O3/c1-13(9-16-13)12(14)8-5-10-3-6-11(15-2)7-4-10/h3-8H,9H2,1-2H3/t13-/m0/s1. The Morgan fingerprint density at radius 2 is 2.06 bits per heavy atom. The fourth-order valence-electron chi connectivity index (χ4n) is 1.31. The monoisotopic (exact) mass is 218 g/mol. The third-order valence-electron chi connectivity index (χ3n) is 2.64. The first kappa shape index (κ1) is 10.9. The Balaban J connectivity index is 2.03. The summed E-state index contributed by atoms with van der Waals surface area (Å²) >= 11 is 0. The zero-order valence-electron chi connectivity index (χ0n) is 9.40. The molecule has 3 nitrogen and oxygen atoms in total. The second-order valence-electron chi connectivity index (χ2n) is 3.99. The lowest BCUT2D eigenvalue weighted by Crippen LogP contribution is -2.17. The van der Waals surface area contributed by atoms with Gasteiger partial charge in [0.05, 0.1) is 13.7 Å². The highest BCUT2D eigenvalue weighted by molar-refractivity contribution is 6.01. The van der Waals surface area contributed by atoms with Gasteiger partial charge in [-0.3, -0.25) is 4.79 Å². The van der Waals surface area contributed by atoms with Crippen molar-refractivity contribution in [3.05, 3.63) is 35.9 Å². The van der Waals surface area contributed by atoms with Crippen LogP contribution in [0.3, 0.4) is 0 Å². The summed E-state index contributed by atoms with van der Waals surface area (Å²) in [5, 5.41) is 0. The van der Waals surface area contributed by atoms with Gasteiger partial charge in [-0.1, -0.05) is 18.2 Å². The van der Waals surface area contributed by atoms with Crippen molar-refractivity contribution in [3.8, 4) is 5.75 Å². The van der Waals surface area contributed by atoms with E-state index in [1.807, 2.05) is 24.3 Å². The zero-order valence-corrected chi connectivity index (χ0v) is 9.40. The first-order valence-electron chi connectivity index (χ1n) is 5.14. The SMILES string of the molecule is COc1ccc(C=CC(=O)[C@]2(C)CO2)cc1. The van der Waals surface area contributed by atoms with E-state index in [1.54, 1.807) is 26.2 Å². The number of carbonyl (C=O) groups is 1. The smallest absolute Gasteiger partial charge is 0.189 e. The molecule has 0 radical (unpaired) electrons. The second kappa shape index (κ2) is 4.10. The van der Waals surface area contributed by atoms with Gasteiger partial charge in [0.2, 0.25) is 0 Å². The van der Waals surface area contributed by atoms with Crippen LogP contribution in [0, 0.1) is 0 Å². The molecule has 16 heavy (non-hydrogen) atoms. The predicted octanol–water partition coefficient (Wildman–Crippen LogP) is 2.07. The molecule has 0 aromatic heterocycles. The van der Waals surface area contributed by atoms with Crippen molar-refractivity contribution < 1.29 is 14.3 Å². The van der Waals surface area contributed by atoms with Gasteiger partial charge in [0, 0.05) is 0 Å². The zero-order chi connectivity index (χ0) is 11.6. The Hall–Kier alpha value is -1.61. The molecule has 0 N–H and O–H groups in total. The Bertz CT molecular complexity index is 413. The summed E-state index contributed by atoms with van der Waals surface area (Å²) in [6, 6.07) is 7.52. The molecule has 0 unspecified atom stereocenters. The van der Waals surface area contributed by atoms with E-state index in [0.717, 1.165) is 11.3 Å². The molecule has 1 saturated heterocycles. The maximum atomic E-state index is 11.6. The molecule has 0 aliphatic carbocycles. The molecule has 0 saturated carbocycles. The average Bonchev–Trinajstić information content (AvgIpc) is 3.06. The van der Waals surface area contributed by atoms with Crippen LogP contribution in [-0.4, -0.2) is 25.1 Å². The number of epoxide rings is 1. The molecule has 1 fully saturated rings. The van der Waals surface area contributed by atoms with Crippen molar-refractivity contribution in [1.29, 1.82) is 0 Å². The predicted molar refractivity (Wildman–Crippen MR) is 61.4 cm³/mol. The Morgan fingerprint density at radius 1 is 1.44 bits per heavy atom. The van der Waals surface area contributed by atoms with Crippen LogP contribution in [-0.2, 0) is 9.53 Å². The summed E-state index contributed by atoms with van der Waals surface area (Å²) in [6.45, 7) is 2.33. The Morgan fingerprint density at radius 3 is 2.56 bits per heavy atom. The first-order chi connectivity index (χ1) is 7.64. The number of benzene rings is 1. The molecular formula is C13H14O3. The van der Waals surface area contributed by atoms with Gasteiger partial charge in [-0.05, 0) is 30.7 Å². The van der Waals surface area contributed by atoms with E-state index in [4.69, 9.17) is 9.47 Å². The molecule has 2 rings (SSSR count). The van der Waals surface area contributed by atoms with Gasteiger partial charge in [-0.15, -0.1) is 0 Å². The summed E-state index contributed by atoms with van der Waals surface area (Å²) in [7, 11) is 1.62. The van der Waals surface area contributed by atoms with Crippen molar-refractivity contribution in [3.63, 3.8) is 0 Å². The van der Waals surface area contributed by atoms with Crippen molar-refractivity contribution >= 4 is 11.9 Å². The first-order valence-corrected chi connectivity index (χ1v) is 5.14. The molecule has 0 spiro atoms. The maximum absolute atomic E-state index is 11.6. The summed E-state index contributed by atoms with van der Waals surface area (Å²) in [5.41, 5.74) is 0.404. The fourth-order valence-corrected chi connectivity index (χ4v) is 1.31. The van der Waals surface area contributed by atoms with Crippen LogP contribution in [0.4, 0.5) is 0 Å². The van der Waals surface area contributed by atoms with Crippen LogP contribution < -0.4 is 4.74 Å². The lowest BCUT2D eigenvalue weighted by Gasteiger charge is -2.00. The highest BCUT2D eigenvalue weighted by atomic mass is 16.6. The van der Waals surface area contributed by atoms with E-state index in [2.05, 4.69) is 0 Å². The van der Waals surface area contributed by atoms with E-state index >= 15 is 0 Å². The summed E-state index contributed by atoms with van der Waals surface area (Å²) in [4.78, 5) is 11.6. The number of rotatable bonds is 4. The highest BCUT2D eigenvalue weighted by Crippen LogP contribution is 2.27. The summed E-state index contributed by atoms with van der Waals surface area (Å²) in [5.74, 6) is 0.823. The molecule has 1 aliphatic rings. The van der Waals surface area contributed by atoms with E-state index in [1.165, 1.54) is 0 Å². The topological polar surface area (TPSA) is 38.8 Å². The van der Waals surface area contributed by atoms with Crippen LogP contribution in [0.25, 0.3) is 6.08 Å². The van der Waals surface area contributed by atoms with E-state index in [-0.39, 0.29) is 5.78 Å². The van der Waals surface area contributed by atoms with Crippen LogP contribution in [0.15, 0.2) is 30.3 Å². The molecule has 1 aromatic carbocycles. The van der Waals surface area contributed by atoms with E-state index in [9.17, 15) is 4.79 Å². The molecular weight excluding hydrogens is 204 g/mol. The molecule has 0 bridgehead atoms. The Kier molecular flexibility index (Phi) is 2.79. The number of hydrogen-bond acceptors (Lipinski definition) is 3. The minimum Gasteiger partial charge on any atom is -0.497 e. The number of methoxy groups -OCH3 is 1. The number of hydrogen-bond donors (Lipinski definition) is 0. The van der Waals surface area contributed by atoms with Crippen molar-refractivity contribution in [2.45, 2.75) is 12.5 Å². The number of ether oxygens (including phenoxy) is 2. The lowest BCUT2D eigenvalue weighted by atomic mass is 10.1. The number of carbonyl (C=O) groups excluding carboxylic acids is 1. The van der Waals surface area contributed by atoms with Gasteiger partial charge < -0.3 is 9.47 Å². The maximum Gasteiger partial charge on any atom is 0.189 e. The van der Waals surface area contributed by atoms with Gasteiger partial charge in [0.15, 0.2) is 11.4 Å². The molecule has 1 atom stereocenters. The van der Waals surface area contributed by atoms with Crippen LogP contribution in [0.2, 0.25) is 0 Å². The number of ketones is 1. The fraction of sp³-hybridized carbons (Fsp3) is 0.308. The normalized spacial score (nSPS) is 23.4. The second-order valence-corrected chi connectivity index (χ2v) is 3.99. The van der Waals surface area contributed by atoms with Gasteiger partial charge in [0.25, 0.3) is 0 Å². The molecule has 1 aliphatic heterocycles. The van der Waals surface area contributed by atoms with E-state index < -0.39 is 5.60 Å². The van der Waals surface area contributed by atoms with Gasteiger partial charge in [0.1, 0.15) is 5.75 Å². The largest absolute Gasteiger partial charge is 0.497 e. The summed E-state index contributed by atoms with van der Waals surface area (Å²) in [6.07, 6.45) is 3.35. The minimum absolute atomic E-state index is 0.0170. The van der Waals surface area contributed by atoms with Crippen molar-refractivity contribution in [2.24, 2.45) is 0 Å². The molecule has 1 heterocycles. The lowest BCUT2D eigenvalue weighted by molar-refractivity contribution is -0.118. The van der Waals surface area contributed by atoms with Crippen LogP contribution >= 0.6 is 0 Å². The van der Waals surface area contributed by atoms with Crippen molar-refractivity contribution in [2.75, 3.05) is 13.7 Å². The van der Waals surface area contributed by atoms with Gasteiger partial charge >= 0.3 is 0 Å². The van der Waals surface area contributed by atoms with Gasteiger partial charge in [-0.2, -0.15) is 0 Å². The van der Waals surface area contributed by atoms with E-state index in [0.29, 0.717) is 6.61 Å². The molecule has 0 amide bonds. The average molecular weight is 218 g/mol.